The summed E-state index contributed by atoms with van der Waals surface area (Å²) in [7, 11) is 0. The fourth-order valence-corrected chi connectivity index (χ4v) is 3.07. The van der Waals surface area contributed by atoms with E-state index in [9.17, 15) is 0 Å². The molecule has 1 heterocycles. The van der Waals surface area contributed by atoms with Crippen molar-refractivity contribution >= 4 is 16.9 Å². The third-order valence-electron chi connectivity index (χ3n) is 3.04. The van der Waals surface area contributed by atoms with Gasteiger partial charge in [-0.3, -0.25) is 0 Å². The van der Waals surface area contributed by atoms with Crippen LogP contribution in [0.5, 0.6) is 0 Å². The van der Waals surface area contributed by atoms with Crippen LogP contribution in [-0.4, -0.2) is 0 Å². The lowest BCUT2D eigenvalue weighted by atomic mass is 10.1. The van der Waals surface area contributed by atoms with E-state index >= 15 is 0 Å². The highest BCUT2D eigenvalue weighted by atomic mass is 32.1. The zero-order valence-corrected chi connectivity index (χ0v) is 10.6. The second kappa shape index (κ2) is 4.34. The van der Waals surface area contributed by atoms with Gasteiger partial charge in [0.2, 0.25) is 0 Å². The maximum absolute atomic E-state index is 2.35. The van der Waals surface area contributed by atoms with Gasteiger partial charge in [-0.2, -0.15) is 0 Å². The van der Waals surface area contributed by atoms with Gasteiger partial charge in [0.25, 0.3) is 0 Å². The topological polar surface area (TPSA) is 0 Å². The molecule has 0 N–H and O–H groups in total. The molecule has 84 valence electrons. The smallest absolute Gasteiger partial charge is 0.0305 e. The fraction of sp³-hybridized carbons (Fsp3) is 0.125. The molecule has 0 amide bonds. The monoisotopic (exact) mass is 238 g/mol. The van der Waals surface area contributed by atoms with Gasteiger partial charge in [0.15, 0.2) is 0 Å². The molecular formula is C16H14S. The molecule has 2 aromatic rings. The summed E-state index contributed by atoms with van der Waals surface area (Å²) >= 11 is 1.89. The minimum absolute atomic E-state index is 0.462. The Labute approximate surface area is 106 Å². The molecule has 0 aliphatic heterocycles. The van der Waals surface area contributed by atoms with Crippen molar-refractivity contribution < 1.29 is 0 Å². The first-order valence-electron chi connectivity index (χ1n) is 5.85. The van der Waals surface area contributed by atoms with Gasteiger partial charge in [0.1, 0.15) is 0 Å². The van der Waals surface area contributed by atoms with Gasteiger partial charge in [-0.1, -0.05) is 48.6 Å². The molecule has 17 heavy (non-hydrogen) atoms. The molecule has 0 fully saturated rings. The summed E-state index contributed by atoms with van der Waals surface area (Å²) in [5.74, 6) is 0.462. The van der Waals surface area contributed by atoms with Crippen molar-refractivity contribution in [2.24, 2.45) is 0 Å². The van der Waals surface area contributed by atoms with Crippen LogP contribution in [0.4, 0.5) is 0 Å². The number of hydrogen-bond acceptors (Lipinski definition) is 1. The van der Waals surface area contributed by atoms with Gasteiger partial charge in [-0.15, -0.1) is 11.3 Å². The predicted molar refractivity (Wildman–Crippen MR) is 75.4 cm³/mol. The van der Waals surface area contributed by atoms with E-state index in [4.69, 9.17) is 0 Å². The van der Waals surface area contributed by atoms with Crippen LogP contribution in [0.2, 0.25) is 0 Å². The first kappa shape index (κ1) is 10.5. The number of benzene rings is 1. The zero-order chi connectivity index (χ0) is 11.7. The molecule has 1 aliphatic rings. The summed E-state index contributed by atoms with van der Waals surface area (Å²) in [5, 5.41) is 0. The Morgan fingerprint density at radius 3 is 2.53 bits per heavy atom. The van der Waals surface area contributed by atoms with E-state index in [-0.39, 0.29) is 0 Å². The number of rotatable bonds is 2. The highest BCUT2D eigenvalue weighted by Gasteiger charge is 2.13. The van der Waals surface area contributed by atoms with Gasteiger partial charge in [-0.05, 0) is 30.2 Å². The molecule has 0 radical (unpaired) electrons. The summed E-state index contributed by atoms with van der Waals surface area (Å²) in [4.78, 5) is 2.82. The van der Waals surface area contributed by atoms with Gasteiger partial charge in [-0.25, -0.2) is 0 Å². The van der Waals surface area contributed by atoms with E-state index in [1.54, 1.807) is 0 Å². The second-order valence-corrected chi connectivity index (χ2v) is 5.64. The van der Waals surface area contributed by atoms with E-state index in [1.807, 2.05) is 11.3 Å². The average Bonchev–Trinajstić information content (AvgIpc) is 2.98. The predicted octanol–water partition coefficient (Wildman–Crippen LogP) is 4.79. The Bertz CT molecular complexity index is 573. The zero-order valence-electron chi connectivity index (χ0n) is 9.76. The molecule has 1 aromatic heterocycles. The molecule has 1 heteroatoms. The number of allylic oxidation sites excluding steroid dienone is 4. The molecule has 1 unspecified atom stereocenters. The fourth-order valence-electron chi connectivity index (χ4n) is 2.14. The molecule has 0 nitrogen and oxygen atoms in total. The van der Waals surface area contributed by atoms with Gasteiger partial charge >= 0.3 is 0 Å². The lowest BCUT2D eigenvalue weighted by Gasteiger charge is -2.01. The molecule has 1 aromatic carbocycles. The second-order valence-electron chi connectivity index (χ2n) is 4.32. The van der Waals surface area contributed by atoms with Crippen molar-refractivity contribution in [3.05, 3.63) is 76.0 Å². The van der Waals surface area contributed by atoms with E-state index in [1.165, 1.54) is 20.9 Å². The van der Waals surface area contributed by atoms with Crippen molar-refractivity contribution in [1.82, 2.24) is 0 Å². The van der Waals surface area contributed by atoms with Crippen LogP contribution >= 0.6 is 11.3 Å². The molecule has 0 saturated heterocycles. The van der Waals surface area contributed by atoms with Crippen LogP contribution in [0.15, 0.2) is 60.7 Å². The maximum atomic E-state index is 2.35. The third kappa shape index (κ3) is 2.11. The molecule has 1 atom stereocenters. The van der Waals surface area contributed by atoms with Crippen molar-refractivity contribution in [3.63, 3.8) is 0 Å². The van der Waals surface area contributed by atoms with Crippen molar-refractivity contribution in [2.45, 2.75) is 12.8 Å². The van der Waals surface area contributed by atoms with E-state index in [2.05, 4.69) is 67.6 Å². The number of thiophene rings is 1. The highest BCUT2D eigenvalue weighted by molar-refractivity contribution is 7.12. The lowest BCUT2D eigenvalue weighted by molar-refractivity contribution is 1.15. The number of hydrogen-bond donors (Lipinski definition) is 0. The van der Waals surface area contributed by atoms with E-state index in [0.717, 1.165) is 0 Å². The molecular weight excluding hydrogens is 224 g/mol. The summed E-state index contributed by atoms with van der Waals surface area (Å²) in [6.07, 6.45) is 6.86. The molecule has 0 saturated carbocycles. The Hall–Kier alpha value is -1.60. The highest BCUT2D eigenvalue weighted by Crippen LogP contribution is 2.34. The van der Waals surface area contributed by atoms with E-state index < -0.39 is 0 Å². The Morgan fingerprint density at radius 1 is 1.00 bits per heavy atom. The molecule has 0 spiro atoms. The van der Waals surface area contributed by atoms with Crippen LogP contribution in [0.25, 0.3) is 5.57 Å². The van der Waals surface area contributed by atoms with E-state index in [0.29, 0.717) is 5.92 Å². The van der Waals surface area contributed by atoms with Crippen LogP contribution in [-0.2, 0) is 0 Å². The molecule has 3 rings (SSSR count). The lowest BCUT2D eigenvalue weighted by Crippen LogP contribution is -1.82. The third-order valence-corrected chi connectivity index (χ3v) is 4.14. The Balaban J connectivity index is 1.90. The maximum Gasteiger partial charge on any atom is 0.0305 e. The average molecular weight is 238 g/mol. The molecule has 1 aliphatic carbocycles. The largest absolute Gasteiger partial charge is 0.145 e. The van der Waals surface area contributed by atoms with Crippen LogP contribution in [0, 0.1) is 6.92 Å². The summed E-state index contributed by atoms with van der Waals surface area (Å²) in [6.45, 7) is 2.16. The minimum Gasteiger partial charge on any atom is -0.145 e. The Kier molecular flexibility index (Phi) is 2.69. The quantitative estimate of drug-likeness (QED) is 0.705. The summed E-state index contributed by atoms with van der Waals surface area (Å²) in [6, 6.07) is 15.0. The first-order valence-corrected chi connectivity index (χ1v) is 6.66. The van der Waals surface area contributed by atoms with Gasteiger partial charge in [0, 0.05) is 15.7 Å². The first-order chi connectivity index (χ1) is 8.33. The standard InChI is InChI=1S/C16H14S/c1-12-7-10-16(17-12)15-9-8-14(11-15)13-5-3-2-4-6-13/h2-11,15H,1H3. The Morgan fingerprint density at radius 2 is 1.82 bits per heavy atom. The van der Waals surface area contributed by atoms with Gasteiger partial charge < -0.3 is 0 Å². The SMILES string of the molecule is Cc1ccc(C2C=CC(c3ccccc3)=C2)s1. The van der Waals surface area contributed by atoms with Crippen LogP contribution in [0.1, 0.15) is 21.2 Å². The van der Waals surface area contributed by atoms with Crippen molar-refractivity contribution in [3.8, 4) is 0 Å². The van der Waals surface area contributed by atoms with Crippen molar-refractivity contribution in [2.75, 3.05) is 0 Å². The van der Waals surface area contributed by atoms with Crippen molar-refractivity contribution in [1.29, 1.82) is 0 Å². The summed E-state index contributed by atoms with van der Waals surface area (Å²) < 4.78 is 0. The van der Waals surface area contributed by atoms with Crippen LogP contribution < -0.4 is 0 Å². The normalized spacial score (nSPS) is 18.4. The van der Waals surface area contributed by atoms with Crippen LogP contribution in [0.3, 0.4) is 0 Å². The van der Waals surface area contributed by atoms with Gasteiger partial charge in [0.05, 0.1) is 0 Å². The summed E-state index contributed by atoms with van der Waals surface area (Å²) in [5.41, 5.74) is 2.64. The minimum atomic E-state index is 0.462. The number of aryl methyl sites for hydroxylation is 1. The molecule has 0 bridgehead atoms.